The predicted molar refractivity (Wildman–Crippen MR) is 89.7 cm³/mol. The van der Waals surface area contributed by atoms with Crippen molar-refractivity contribution in [1.29, 1.82) is 0 Å². The molecule has 3 rings (SSSR count). The number of aromatic nitrogens is 2. The van der Waals surface area contributed by atoms with Crippen LogP contribution < -0.4 is 0 Å². The Morgan fingerprint density at radius 1 is 1.16 bits per heavy atom. The summed E-state index contributed by atoms with van der Waals surface area (Å²) >= 11 is 1.05. The van der Waals surface area contributed by atoms with E-state index in [2.05, 4.69) is 10.2 Å². The highest BCUT2D eigenvalue weighted by molar-refractivity contribution is 7.96. The molecule has 0 bridgehead atoms. The molecule has 0 saturated carbocycles. The molecule has 0 spiro atoms. The third-order valence-electron chi connectivity index (χ3n) is 3.56. The third-order valence-corrected chi connectivity index (χ3v) is 4.51. The normalized spacial score (nSPS) is 12.5. The number of H-pyrrole nitrogens is 1. The highest BCUT2D eigenvalue weighted by Gasteiger charge is 2.31. The van der Waals surface area contributed by atoms with Crippen molar-refractivity contribution < 1.29 is 18.4 Å². The fourth-order valence-electron chi connectivity index (χ4n) is 2.35. The molecule has 25 heavy (non-hydrogen) atoms. The van der Waals surface area contributed by atoms with E-state index < -0.39 is 11.7 Å². The molecule has 0 radical (unpaired) electrons. The van der Waals surface area contributed by atoms with Gasteiger partial charge in [0.25, 0.3) is 0 Å². The number of hydrogen-bond donors (Lipinski definition) is 2. The summed E-state index contributed by atoms with van der Waals surface area (Å²) in [7, 11) is 3.33. The van der Waals surface area contributed by atoms with Crippen molar-refractivity contribution >= 4 is 22.9 Å². The Morgan fingerprint density at radius 2 is 1.92 bits per heavy atom. The lowest BCUT2D eigenvalue weighted by Gasteiger charge is -2.20. The van der Waals surface area contributed by atoms with Crippen molar-refractivity contribution in [3.63, 3.8) is 0 Å². The zero-order chi connectivity index (χ0) is 18.2. The number of nitrogens with zero attached hydrogens (tertiary/aromatic N) is 3. The van der Waals surface area contributed by atoms with Gasteiger partial charge < -0.3 is 0 Å². The molecule has 3 aromatic rings. The molecule has 0 fully saturated rings. The van der Waals surface area contributed by atoms with Crippen molar-refractivity contribution in [2.45, 2.75) is 11.1 Å². The smallest absolute Gasteiger partial charge is 0.289 e. The lowest BCUT2D eigenvalue weighted by molar-refractivity contribution is -0.137. The Morgan fingerprint density at radius 3 is 2.60 bits per heavy atom. The summed E-state index contributed by atoms with van der Waals surface area (Å²) in [4.78, 5) is 0.683. The first-order valence-electron chi connectivity index (χ1n) is 7.24. The van der Waals surface area contributed by atoms with Gasteiger partial charge in [0.2, 0.25) is 0 Å². The van der Waals surface area contributed by atoms with Crippen molar-refractivity contribution in [1.82, 2.24) is 19.8 Å². The second-order valence-electron chi connectivity index (χ2n) is 5.57. The molecule has 0 aliphatic heterocycles. The largest absolute Gasteiger partial charge is 0.416 e. The van der Waals surface area contributed by atoms with Gasteiger partial charge in [-0.15, -0.1) is 0 Å². The van der Waals surface area contributed by atoms with Crippen LogP contribution in [0.1, 0.15) is 5.56 Å². The Bertz CT molecular complexity index is 894. The lowest BCUT2D eigenvalue weighted by atomic mass is 9.99. The first-order chi connectivity index (χ1) is 11.8. The molecule has 1 heterocycles. The fourth-order valence-corrected chi connectivity index (χ4v) is 3.02. The molecule has 0 unspecified atom stereocenters. The quantitative estimate of drug-likeness (QED) is 0.527. The van der Waals surface area contributed by atoms with Crippen molar-refractivity contribution in [3.8, 4) is 11.1 Å². The molecular formula is C16H15F3N4OS. The van der Waals surface area contributed by atoms with Crippen molar-refractivity contribution in [3.05, 3.63) is 48.2 Å². The van der Waals surface area contributed by atoms with Crippen LogP contribution in [-0.4, -0.2) is 39.1 Å². The van der Waals surface area contributed by atoms with Crippen LogP contribution in [-0.2, 0) is 6.18 Å². The van der Waals surface area contributed by atoms with Gasteiger partial charge in [0, 0.05) is 36.3 Å². The molecule has 0 saturated heterocycles. The molecular weight excluding hydrogens is 353 g/mol. The van der Waals surface area contributed by atoms with Crippen LogP contribution in [0.2, 0.25) is 0 Å². The van der Waals surface area contributed by atoms with Crippen LogP contribution in [0, 0.1) is 0 Å². The molecule has 5 nitrogen and oxygen atoms in total. The van der Waals surface area contributed by atoms with Crippen LogP contribution in [0.4, 0.5) is 13.2 Å². The van der Waals surface area contributed by atoms with Gasteiger partial charge in [-0.2, -0.15) is 18.3 Å². The molecule has 0 amide bonds. The van der Waals surface area contributed by atoms with E-state index in [0.717, 1.165) is 28.7 Å². The van der Waals surface area contributed by atoms with E-state index >= 15 is 0 Å². The van der Waals surface area contributed by atoms with Crippen molar-refractivity contribution in [2.24, 2.45) is 0 Å². The third kappa shape index (κ3) is 3.79. The van der Waals surface area contributed by atoms with E-state index in [1.165, 1.54) is 11.2 Å². The Kier molecular flexibility index (Phi) is 4.74. The summed E-state index contributed by atoms with van der Waals surface area (Å²) in [5, 5.41) is 18.3. The van der Waals surface area contributed by atoms with Crippen LogP contribution >= 0.6 is 11.9 Å². The van der Waals surface area contributed by atoms with Gasteiger partial charge >= 0.3 is 6.18 Å². The Hall–Kier alpha value is -2.07. The summed E-state index contributed by atoms with van der Waals surface area (Å²) in [6.07, 6.45) is -2.95. The Labute approximate surface area is 146 Å². The van der Waals surface area contributed by atoms with E-state index in [4.69, 9.17) is 0 Å². The summed E-state index contributed by atoms with van der Waals surface area (Å²) < 4.78 is 40.5. The second-order valence-corrected chi connectivity index (χ2v) is 6.55. The van der Waals surface area contributed by atoms with Crippen LogP contribution in [0.15, 0.2) is 47.5 Å². The minimum Gasteiger partial charge on any atom is -0.289 e. The minimum atomic E-state index is -4.45. The molecule has 132 valence electrons. The summed E-state index contributed by atoms with van der Waals surface area (Å²) in [6.45, 7) is 0. The van der Waals surface area contributed by atoms with Gasteiger partial charge in [-0.05, 0) is 35.4 Å². The van der Waals surface area contributed by atoms with Crippen LogP contribution in [0.25, 0.3) is 22.0 Å². The number of halogens is 3. The van der Waals surface area contributed by atoms with E-state index in [9.17, 15) is 18.4 Å². The zero-order valence-corrected chi connectivity index (χ0v) is 14.2. The number of fused-ring (bicyclic) bond motifs is 1. The summed E-state index contributed by atoms with van der Waals surface area (Å²) in [5.74, 6) is 0. The molecule has 1 aromatic heterocycles. The van der Waals surface area contributed by atoms with Crippen molar-refractivity contribution in [2.75, 3.05) is 14.1 Å². The average molecular weight is 368 g/mol. The fraction of sp³-hybridized carbons (Fsp3) is 0.188. The monoisotopic (exact) mass is 368 g/mol. The van der Waals surface area contributed by atoms with Gasteiger partial charge in [-0.3, -0.25) is 10.3 Å². The number of rotatable bonds is 4. The lowest BCUT2D eigenvalue weighted by Crippen LogP contribution is -2.27. The zero-order valence-electron chi connectivity index (χ0n) is 13.4. The number of nitrogens with one attached hydrogen (secondary N) is 1. The first-order valence-corrected chi connectivity index (χ1v) is 8.02. The molecule has 0 atom stereocenters. The summed E-state index contributed by atoms with van der Waals surface area (Å²) in [5.41, 5.74) is 0.611. The molecule has 2 aromatic carbocycles. The highest BCUT2D eigenvalue weighted by Crippen LogP contribution is 2.37. The number of benzene rings is 2. The Balaban J connectivity index is 2.08. The van der Waals surface area contributed by atoms with Gasteiger partial charge in [0.05, 0.1) is 17.3 Å². The number of aromatic amines is 1. The minimum absolute atomic E-state index is 0.319. The van der Waals surface area contributed by atoms with E-state index in [-0.39, 0.29) is 0 Å². The number of hydrogen-bond acceptors (Lipinski definition) is 5. The maximum Gasteiger partial charge on any atom is 0.416 e. The van der Waals surface area contributed by atoms with Crippen LogP contribution in [0.5, 0.6) is 0 Å². The number of alkyl halides is 3. The van der Waals surface area contributed by atoms with E-state index in [1.807, 2.05) is 0 Å². The molecule has 2 N–H and O–H groups in total. The molecule has 0 aliphatic rings. The molecule has 0 aliphatic carbocycles. The number of hydrazine groups is 1. The topological polar surface area (TPSA) is 55.4 Å². The standard InChI is InChI=1S/C16H15F3N4OS/c1-22(2)23(24)25-12-5-3-4-10(6-12)13-7-11(16(17,18)19)8-15-14(13)9-20-21-15/h3-9,24H,1-2H3,(H,20,21). The second kappa shape index (κ2) is 6.68. The maximum absolute atomic E-state index is 13.2. The first kappa shape index (κ1) is 17.7. The van der Waals surface area contributed by atoms with Gasteiger partial charge in [0.15, 0.2) is 0 Å². The maximum atomic E-state index is 13.2. The van der Waals surface area contributed by atoms with Gasteiger partial charge in [-0.25, -0.2) is 5.01 Å². The summed E-state index contributed by atoms with van der Waals surface area (Å²) in [6, 6.07) is 9.10. The molecule has 9 heteroatoms. The average Bonchev–Trinajstić information content (AvgIpc) is 3.01. The highest BCUT2D eigenvalue weighted by atomic mass is 32.2. The predicted octanol–water partition coefficient (Wildman–Crippen LogP) is 4.42. The van der Waals surface area contributed by atoms with Gasteiger partial charge in [0.1, 0.15) is 0 Å². The SMILES string of the molecule is CN(C)N(O)Sc1cccc(-c2cc(C(F)(F)F)cc3[nH]ncc23)c1. The van der Waals surface area contributed by atoms with E-state index in [1.54, 1.807) is 38.4 Å². The van der Waals surface area contributed by atoms with Gasteiger partial charge in [-0.1, -0.05) is 16.7 Å². The van der Waals surface area contributed by atoms with E-state index in [0.29, 0.717) is 26.9 Å². The van der Waals surface area contributed by atoms with Crippen LogP contribution in [0.3, 0.4) is 0 Å².